The lowest BCUT2D eigenvalue weighted by atomic mass is 9.67. The molecule has 0 atom stereocenters. The maximum Gasteiger partial charge on any atom is 0.136 e. The second-order valence-corrected chi connectivity index (χ2v) is 19.2. The fraction of sp³-hybridized carbons (Fsp3) is 0.0141. The molecule has 0 saturated heterocycles. The lowest BCUT2D eigenvalue weighted by molar-refractivity contribution is 0.487. The van der Waals surface area contributed by atoms with Gasteiger partial charge in [0.1, 0.15) is 11.5 Å². The van der Waals surface area contributed by atoms with Crippen LogP contribution in [0.5, 0.6) is 11.5 Å². The van der Waals surface area contributed by atoms with Crippen molar-refractivity contribution in [2.24, 2.45) is 0 Å². The SMILES string of the molecule is c1ccc(-c2ccc(-c3ccc(N(c4ccc5c(c4)-c4cccc6c(N(c7ccccc7)c7ccccc7)ccc(c46)O5)c4ccc5c(c4)C(c4ccccc4)(c4ccccc4)c4ccccc4-5)cc3)cc2)cc1. The van der Waals surface area contributed by atoms with Crippen molar-refractivity contribution < 1.29 is 4.74 Å². The normalized spacial score (nSPS) is 12.5. The van der Waals surface area contributed by atoms with Gasteiger partial charge in [0, 0.05) is 44.8 Å². The van der Waals surface area contributed by atoms with Crippen molar-refractivity contribution in [2.45, 2.75) is 5.41 Å². The molecule has 1 aliphatic carbocycles. The minimum absolute atomic E-state index is 0.556. The van der Waals surface area contributed by atoms with Crippen LogP contribution >= 0.6 is 0 Å². The third-order valence-corrected chi connectivity index (χ3v) is 15.1. The van der Waals surface area contributed by atoms with Crippen molar-refractivity contribution in [2.75, 3.05) is 9.80 Å². The minimum atomic E-state index is -0.556. The molecule has 0 saturated carbocycles. The van der Waals surface area contributed by atoms with Gasteiger partial charge >= 0.3 is 0 Å². The van der Waals surface area contributed by atoms with E-state index in [1.807, 2.05) is 0 Å². The molecule has 74 heavy (non-hydrogen) atoms. The molecular formula is C71H48N2O. The Balaban J connectivity index is 0.946. The Morgan fingerprint density at radius 3 is 1.36 bits per heavy atom. The van der Waals surface area contributed by atoms with Crippen molar-refractivity contribution in [3.05, 3.63) is 313 Å². The molecule has 3 heteroatoms. The van der Waals surface area contributed by atoms with Crippen molar-refractivity contribution in [1.29, 1.82) is 0 Å². The first-order valence-corrected chi connectivity index (χ1v) is 25.4. The highest BCUT2D eigenvalue weighted by Gasteiger charge is 2.46. The van der Waals surface area contributed by atoms with Crippen LogP contribution in [-0.4, -0.2) is 0 Å². The Bertz CT molecular complexity index is 3930. The molecule has 0 bridgehead atoms. The summed E-state index contributed by atoms with van der Waals surface area (Å²) in [4.78, 5) is 4.76. The molecule has 3 nitrogen and oxygen atoms in total. The first-order valence-electron chi connectivity index (χ1n) is 25.4. The van der Waals surface area contributed by atoms with Crippen molar-refractivity contribution in [1.82, 2.24) is 0 Å². The summed E-state index contributed by atoms with van der Waals surface area (Å²) in [5.74, 6) is 1.68. The van der Waals surface area contributed by atoms with Gasteiger partial charge in [-0.2, -0.15) is 0 Å². The van der Waals surface area contributed by atoms with Gasteiger partial charge in [-0.25, -0.2) is 0 Å². The van der Waals surface area contributed by atoms with Gasteiger partial charge in [-0.05, 0) is 140 Å². The summed E-state index contributed by atoms with van der Waals surface area (Å²) in [6.45, 7) is 0. The van der Waals surface area contributed by atoms with E-state index in [1.54, 1.807) is 0 Å². The Hall–Kier alpha value is -9.70. The van der Waals surface area contributed by atoms with Crippen LogP contribution in [0, 0.1) is 0 Å². The van der Waals surface area contributed by atoms with E-state index in [9.17, 15) is 0 Å². The van der Waals surface area contributed by atoms with Crippen LogP contribution in [0.25, 0.3) is 55.3 Å². The molecular weight excluding hydrogens is 897 g/mol. The van der Waals surface area contributed by atoms with Crippen molar-refractivity contribution in [3.63, 3.8) is 0 Å². The van der Waals surface area contributed by atoms with E-state index in [2.05, 4.69) is 301 Å². The van der Waals surface area contributed by atoms with Crippen molar-refractivity contribution in [3.8, 4) is 56.0 Å². The maximum atomic E-state index is 6.93. The molecule has 0 fully saturated rings. The molecule has 1 heterocycles. The van der Waals surface area contributed by atoms with Crippen LogP contribution in [0.3, 0.4) is 0 Å². The second-order valence-electron chi connectivity index (χ2n) is 19.2. The van der Waals surface area contributed by atoms with Gasteiger partial charge in [0.25, 0.3) is 0 Å². The first-order chi connectivity index (χ1) is 36.7. The number of anilines is 6. The zero-order valence-corrected chi connectivity index (χ0v) is 40.5. The standard InChI is InChI=1S/C71H48N2O/c1-6-19-49(20-7-1)50-33-35-51(36-34-50)52-37-39-57(40-38-52)72(59-41-43-61-60-29-16-17-32-65(60)71(66(61)48-59,53-21-8-2-9-22-53)54-23-10-3-11-24-54)58-42-45-68-64(47-58)62-30-18-31-63-67(44-46-69(74-68)70(62)63)73(55-25-12-4-13-26-55)56-27-14-5-15-28-56/h1-48H. The van der Waals surface area contributed by atoms with Crippen LogP contribution in [-0.2, 0) is 5.41 Å². The van der Waals surface area contributed by atoms with Crippen LogP contribution in [0.4, 0.5) is 34.1 Å². The van der Waals surface area contributed by atoms with Crippen LogP contribution in [0.2, 0.25) is 0 Å². The lowest BCUT2D eigenvalue weighted by Gasteiger charge is -2.35. The zero-order valence-electron chi connectivity index (χ0n) is 40.5. The Labute approximate surface area is 432 Å². The summed E-state index contributed by atoms with van der Waals surface area (Å²) in [6, 6.07) is 106. The highest BCUT2D eigenvalue weighted by molar-refractivity contribution is 6.11. The number of hydrogen-bond donors (Lipinski definition) is 0. The Morgan fingerprint density at radius 2 is 0.730 bits per heavy atom. The predicted molar refractivity (Wildman–Crippen MR) is 307 cm³/mol. The highest BCUT2D eigenvalue weighted by Crippen LogP contribution is 2.58. The predicted octanol–water partition coefficient (Wildman–Crippen LogP) is 19.2. The number of rotatable bonds is 10. The number of hydrogen-bond acceptors (Lipinski definition) is 3. The van der Waals surface area contributed by atoms with Gasteiger partial charge in [0.15, 0.2) is 0 Å². The van der Waals surface area contributed by atoms with Gasteiger partial charge in [-0.15, -0.1) is 0 Å². The summed E-state index contributed by atoms with van der Waals surface area (Å²) in [7, 11) is 0. The molecule has 12 aromatic carbocycles. The van der Waals surface area contributed by atoms with E-state index in [4.69, 9.17) is 4.74 Å². The average molecular weight is 945 g/mol. The molecule has 0 radical (unpaired) electrons. The number of ether oxygens (including phenoxy) is 1. The summed E-state index contributed by atoms with van der Waals surface area (Å²) in [5.41, 5.74) is 20.3. The summed E-state index contributed by atoms with van der Waals surface area (Å²) < 4.78 is 6.93. The maximum absolute atomic E-state index is 6.93. The fourth-order valence-electron chi connectivity index (χ4n) is 11.8. The molecule has 348 valence electrons. The molecule has 1 aliphatic heterocycles. The molecule has 0 unspecified atom stereocenters. The van der Waals surface area contributed by atoms with Crippen LogP contribution in [0.15, 0.2) is 291 Å². The van der Waals surface area contributed by atoms with E-state index in [0.717, 1.165) is 73.1 Å². The smallest absolute Gasteiger partial charge is 0.136 e. The van der Waals surface area contributed by atoms with Gasteiger partial charge in [0.05, 0.1) is 11.1 Å². The number of nitrogens with zero attached hydrogens (tertiary/aromatic N) is 2. The first kappa shape index (κ1) is 43.1. The average Bonchev–Trinajstić information content (AvgIpc) is 3.80. The van der Waals surface area contributed by atoms with Gasteiger partial charge in [0.2, 0.25) is 0 Å². The van der Waals surface area contributed by atoms with E-state index in [1.165, 1.54) is 50.1 Å². The quantitative estimate of drug-likeness (QED) is 0.136. The van der Waals surface area contributed by atoms with Gasteiger partial charge in [-0.1, -0.05) is 212 Å². The number of benzene rings is 12. The molecule has 12 aromatic rings. The molecule has 0 spiro atoms. The minimum Gasteiger partial charge on any atom is -0.456 e. The van der Waals surface area contributed by atoms with E-state index in [-0.39, 0.29) is 0 Å². The molecule has 2 aliphatic rings. The molecule has 0 aromatic heterocycles. The molecule has 0 N–H and O–H groups in total. The molecule has 0 amide bonds. The molecule has 14 rings (SSSR count). The number of para-hydroxylation sites is 2. The largest absolute Gasteiger partial charge is 0.456 e. The Morgan fingerprint density at radius 1 is 0.270 bits per heavy atom. The van der Waals surface area contributed by atoms with Crippen LogP contribution < -0.4 is 14.5 Å². The van der Waals surface area contributed by atoms with Gasteiger partial charge < -0.3 is 14.5 Å². The number of fused-ring (bicyclic) bond motifs is 5. The third kappa shape index (κ3) is 7.04. The zero-order chi connectivity index (χ0) is 49.0. The summed E-state index contributed by atoms with van der Waals surface area (Å²) >= 11 is 0. The summed E-state index contributed by atoms with van der Waals surface area (Å²) in [6.07, 6.45) is 0. The second kappa shape index (κ2) is 17.9. The monoisotopic (exact) mass is 944 g/mol. The van der Waals surface area contributed by atoms with Crippen molar-refractivity contribution >= 4 is 44.9 Å². The lowest BCUT2D eigenvalue weighted by Crippen LogP contribution is -2.28. The van der Waals surface area contributed by atoms with E-state index < -0.39 is 5.41 Å². The van der Waals surface area contributed by atoms with E-state index >= 15 is 0 Å². The van der Waals surface area contributed by atoms with Crippen LogP contribution in [0.1, 0.15) is 22.3 Å². The fourth-order valence-corrected chi connectivity index (χ4v) is 11.8. The third-order valence-electron chi connectivity index (χ3n) is 15.1. The van der Waals surface area contributed by atoms with E-state index in [0.29, 0.717) is 0 Å². The van der Waals surface area contributed by atoms with Gasteiger partial charge in [-0.3, -0.25) is 0 Å². The topological polar surface area (TPSA) is 15.7 Å². The summed E-state index contributed by atoms with van der Waals surface area (Å²) in [5, 5.41) is 2.20. The Kier molecular flexibility index (Phi) is 10.4. The highest BCUT2D eigenvalue weighted by atomic mass is 16.5.